The Labute approximate surface area is 206 Å². The molecule has 0 aliphatic carbocycles. The number of amides is 2. The molecule has 0 saturated heterocycles. The van der Waals surface area contributed by atoms with Crippen molar-refractivity contribution in [1.82, 2.24) is 19.8 Å². The number of fused-ring (bicyclic) bond motifs is 2. The van der Waals surface area contributed by atoms with Crippen molar-refractivity contribution in [1.29, 1.82) is 0 Å². The van der Waals surface area contributed by atoms with Crippen LogP contribution >= 0.6 is 15.9 Å². The van der Waals surface area contributed by atoms with Gasteiger partial charge in [0, 0.05) is 56.3 Å². The lowest BCUT2D eigenvalue weighted by Gasteiger charge is -2.18. The average Bonchev–Trinajstić information content (AvgIpc) is 3.49. The normalized spacial score (nSPS) is 14.2. The average molecular weight is 519 g/mol. The summed E-state index contributed by atoms with van der Waals surface area (Å²) in [5, 5.41) is 4.41. The highest BCUT2D eigenvalue weighted by Gasteiger charge is 2.35. The van der Waals surface area contributed by atoms with Crippen molar-refractivity contribution in [3.8, 4) is 0 Å². The van der Waals surface area contributed by atoms with Crippen LogP contribution in [0.25, 0.3) is 33.0 Å². The second kappa shape index (κ2) is 9.24. The third kappa shape index (κ3) is 3.89. The van der Waals surface area contributed by atoms with E-state index in [-0.39, 0.29) is 11.8 Å². The summed E-state index contributed by atoms with van der Waals surface area (Å²) in [7, 11) is 0. The van der Waals surface area contributed by atoms with Gasteiger partial charge < -0.3 is 14.5 Å². The number of nitrogens with zero attached hydrogens (tertiary/aromatic N) is 2. The fraction of sp³-hybridized carbons (Fsp3) is 0.259. The standard InChI is InChI=1S/C27H27BrN4O2/c1-3-31(4-2)12-7-13-32-16-21(19-14-17(28)10-11-23(19)32)25-24(26(33)30-27(25)34)20-15-29-22-9-6-5-8-18(20)22/h5-6,8-11,14-16,29H,3-4,7,12-13H2,1-2H3,(H,30,33,34). The van der Waals surface area contributed by atoms with E-state index < -0.39 is 0 Å². The van der Waals surface area contributed by atoms with Gasteiger partial charge in [0.05, 0.1) is 11.1 Å². The fourth-order valence-corrected chi connectivity index (χ4v) is 5.27. The molecule has 0 atom stereocenters. The third-order valence-corrected chi connectivity index (χ3v) is 7.16. The molecule has 0 unspecified atom stereocenters. The van der Waals surface area contributed by atoms with Crippen molar-refractivity contribution < 1.29 is 9.59 Å². The number of hydrogen-bond donors (Lipinski definition) is 2. The number of nitrogens with one attached hydrogen (secondary N) is 2. The maximum atomic E-state index is 13.1. The van der Waals surface area contributed by atoms with E-state index >= 15 is 0 Å². The van der Waals surface area contributed by atoms with Gasteiger partial charge in [-0.2, -0.15) is 0 Å². The molecule has 7 heteroatoms. The van der Waals surface area contributed by atoms with E-state index in [0.717, 1.165) is 70.0 Å². The van der Waals surface area contributed by atoms with Crippen molar-refractivity contribution >= 4 is 60.7 Å². The van der Waals surface area contributed by atoms with E-state index in [1.165, 1.54) is 0 Å². The van der Waals surface area contributed by atoms with Crippen molar-refractivity contribution in [2.45, 2.75) is 26.8 Å². The zero-order valence-corrected chi connectivity index (χ0v) is 20.9. The minimum atomic E-state index is -0.359. The maximum Gasteiger partial charge on any atom is 0.259 e. The van der Waals surface area contributed by atoms with Gasteiger partial charge in [-0.25, -0.2) is 0 Å². The van der Waals surface area contributed by atoms with Gasteiger partial charge >= 0.3 is 0 Å². The molecular weight excluding hydrogens is 492 g/mol. The lowest BCUT2D eigenvalue weighted by Crippen LogP contribution is -2.24. The SMILES string of the molecule is CCN(CC)CCCn1cc(C2=C(c3c[nH]c4ccccc34)C(=O)NC2=O)c2cc(Br)ccc21. The minimum Gasteiger partial charge on any atom is -0.361 e. The monoisotopic (exact) mass is 518 g/mol. The molecule has 2 aromatic carbocycles. The minimum absolute atomic E-state index is 0.354. The summed E-state index contributed by atoms with van der Waals surface area (Å²) in [5.41, 5.74) is 4.35. The molecule has 0 radical (unpaired) electrons. The smallest absolute Gasteiger partial charge is 0.259 e. The number of carbonyl (C=O) groups is 2. The molecular formula is C27H27BrN4O2. The Morgan fingerprint density at radius 1 is 0.941 bits per heavy atom. The Balaban J connectivity index is 1.65. The Hall–Kier alpha value is -3.16. The molecule has 1 aliphatic heterocycles. The second-order valence-electron chi connectivity index (χ2n) is 8.56. The van der Waals surface area contributed by atoms with Gasteiger partial charge in [0.1, 0.15) is 0 Å². The molecule has 2 amide bonds. The molecule has 0 fully saturated rings. The summed E-state index contributed by atoms with van der Waals surface area (Å²) in [6, 6.07) is 13.9. The topological polar surface area (TPSA) is 70.1 Å². The third-order valence-electron chi connectivity index (χ3n) is 6.67. The van der Waals surface area contributed by atoms with Crippen molar-refractivity contribution in [2.75, 3.05) is 19.6 Å². The van der Waals surface area contributed by atoms with Crippen LogP contribution in [0.3, 0.4) is 0 Å². The number of rotatable bonds is 8. The predicted molar refractivity (Wildman–Crippen MR) is 140 cm³/mol. The lowest BCUT2D eigenvalue weighted by atomic mass is 9.95. The van der Waals surface area contributed by atoms with Crippen LogP contribution in [0, 0.1) is 0 Å². The summed E-state index contributed by atoms with van der Waals surface area (Å²) < 4.78 is 3.14. The largest absolute Gasteiger partial charge is 0.361 e. The summed E-state index contributed by atoms with van der Waals surface area (Å²) in [6.45, 7) is 8.27. The second-order valence-corrected chi connectivity index (χ2v) is 9.47. The number of aromatic nitrogens is 2. The van der Waals surface area contributed by atoms with Crippen LogP contribution in [0.5, 0.6) is 0 Å². The molecule has 0 saturated carbocycles. The molecule has 1 aliphatic rings. The van der Waals surface area contributed by atoms with E-state index in [1.54, 1.807) is 0 Å². The first-order valence-electron chi connectivity index (χ1n) is 11.7. The van der Waals surface area contributed by atoms with E-state index in [1.807, 2.05) is 48.8 Å². The first kappa shape index (κ1) is 22.6. The molecule has 2 N–H and O–H groups in total. The van der Waals surface area contributed by atoms with Crippen LogP contribution in [0.2, 0.25) is 0 Å². The lowest BCUT2D eigenvalue weighted by molar-refractivity contribution is -0.122. The highest BCUT2D eigenvalue weighted by atomic mass is 79.9. The number of halogens is 1. The molecule has 2 aromatic heterocycles. The van der Waals surface area contributed by atoms with Gasteiger partial charge in [-0.15, -0.1) is 0 Å². The van der Waals surface area contributed by atoms with Crippen molar-refractivity contribution in [2.24, 2.45) is 0 Å². The van der Waals surface area contributed by atoms with Gasteiger partial charge in [-0.1, -0.05) is 48.0 Å². The highest BCUT2D eigenvalue weighted by Crippen LogP contribution is 2.39. The van der Waals surface area contributed by atoms with E-state index in [0.29, 0.717) is 11.1 Å². The van der Waals surface area contributed by atoms with Crippen molar-refractivity contribution in [3.05, 3.63) is 70.5 Å². The van der Waals surface area contributed by atoms with Crippen LogP contribution in [0.15, 0.2) is 59.3 Å². The number of aromatic amines is 1. The number of carbonyl (C=O) groups excluding carboxylic acids is 2. The fourth-order valence-electron chi connectivity index (χ4n) is 4.91. The molecule has 34 heavy (non-hydrogen) atoms. The van der Waals surface area contributed by atoms with Crippen LogP contribution in [-0.4, -0.2) is 45.9 Å². The number of imide groups is 1. The molecule has 6 nitrogen and oxygen atoms in total. The number of hydrogen-bond acceptors (Lipinski definition) is 3. The first-order valence-corrected chi connectivity index (χ1v) is 12.5. The Morgan fingerprint density at radius 2 is 1.68 bits per heavy atom. The summed E-state index contributed by atoms with van der Waals surface area (Å²) >= 11 is 3.58. The summed E-state index contributed by atoms with van der Waals surface area (Å²) in [6.07, 6.45) is 4.85. The van der Waals surface area contributed by atoms with Gasteiger partial charge in [0.2, 0.25) is 0 Å². The number of para-hydroxylation sites is 1. The highest BCUT2D eigenvalue weighted by molar-refractivity contribution is 9.10. The van der Waals surface area contributed by atoms with E-state index in [9.17, 15) is 9.59 Å². The first-order chi connectivity index (χ1) is 16.5. The van der Waals surface area contributed by atoms with Gasteiger partial charge in [0.15, 0.2) is 0 Å². The van der Waals surface area contributed by atoms with Crippen LogP contribution in [-0.2, 0) is 16.1 Å². The van der Waals surface area contributed by atoms with Crippen molar-refractivity contribution in [3.63, 3.8) is 0 Å². The van der Waals surface area contributed by atoms with E-state index in [2.05, 4.69) is 55.6 Å². The zero-order chi connectivity index (χ0) is 23.8. The van der Waals surface area contributed by atoms with Gasteiger partial charge in [-0.05, 0) is 50.3 Å². The van der Waals surface area contributed by atoms with Gasteiger partial charge in [0.25, 0.3) is 11.8 Å². The Morgan fingerprint density at radius 3 is 2.44 bits per heavy atom. The molecule has 174 valence electrons. The molecule has 5 rings (SSSR count). The van der Waals surface area contributed by atoms with Gasteiger partial charge in [-0.3, -0.25) is 14.9 Å². The predicted octanol–water partition coefficient (Wildman–Crippen LogP) is 5.18. The molecule has 4 aromatic rings. The summed E-state index contributed by atoms with van der Waals surface area (Å²) in [4.78, 5) is 31.8. The molecule has 0 spiro atoms. The summed E-state index contributed by atoms with van der Waals surface area (Å²) in [5.74, 6) is -0.713. The van der Waals surface area contributed by atoms with E-state index in [4.69, 9.17) is 0 Å². The number of aryl methyl sites for hydroxylation is 1. The molecule has 3 heterocycles. The number of benzene rings is 2. The molecule has 0 bridgehead atoms. The van der Waals surface area contributed by atoms with Crippen LogP contribution in [0.4, 0.5) is 0 Å². The maximum absolute atomic E-state index is 13.1. The van der Waals surface area contributed by atoms with Crippen LogP contribution < -0.4 is 5.32 Å². The van der Waals surface area contributed by atoms with Crippen LogP contribution in [0.1, 0.15) is 31.4 Å². The quantitative estimate of drug-likeness (QED) is 0.315. The Kier molecular flexibility index (Phi) is 6.15. The zero-order valence-electron chi connectivity index (χ0n) is 19.3. The Bertz CT molecular complexity index is 1440. The number of H-pyrrole nitrogens is 1.